The summed E-state index contributed by atoms with van der Waals surface area (Å²) in [6.45, 7) is 3.87. The molecule has 3 rings (SSSR count). The predicted octanol–water partition coefficient (Wildman–Crippen LogP) is 3.60. The fourth-order valence-corrected chi connectivity index (χ4v) is 4.69. The first kappa shape index (κ1) is 17.8. The molecule has 1 atom stereocenters. The Kier molecular flexibility index (Phi) is 5.30. The van der Waals surface area contributed by atoms with Gasteiger partial charge in [-0.1, -0.05) is 37.3 Å². The van der Waals surface area contributed by atoms with Crippen LogP contribution in [-0.2, 0) is 10.0 Å². The van der Waals surface area contributed by atoms with Gasteiger partial charge in [0.15, 0.2) is 0 Å². The van der Waals surface area contributed by atoms with Crippen LogP contribution in [0, 0.1) is 0 Å². The molecule has 0 saturated heterocycles. The first-order valence-corrected chi connectivity index (χ1v) is 10.1. The monoisotopic (exact) mass is 360 g/mol. The zero-order valence-electron chi connectivity index (χ0n) is 14.6. The smallest absolute Gasteiger partial charge is 0.277 e. The number of anilines is 2. The third-order valence-electron chi connectivity index (χ3n) is 4.44. The third kappa shape index (κ3) is 3.65. The summed E-state index contributed by atoms with van der Waals surface area (Å²) in [6.07, 6.45) is 1.23. The van der Waals surface area contributed by atoms with Gasteiger partial charge in [-0.05, 0) is 50.8 Å². The maximum Gasteiger partial charge on any atom is 0.277 e. The van der Waals surface area contributed by atoms with Crippen LogP contribution in [0.3, 0.4) is 0 Å². The fraction of sp³-hybridized carbons (Fsp3) is 0.368. The lowest BCUT2D eigenvalue weighted by atomic mass is 10.2. The Morgan fingerprint density at radius 1 is 1.08 bits per heavy atom. The van der Waals surface area contributed by atoms with Crippen molar-refractivity contribution in [1.29, 1.82) is 0 Å². The quantitative estimate of drug-likeness (QED) is 0.790. The summed E-state index contributed by atoms with van der Waals surface area (Å²) in [6, 6.07) is 16.5. The van der Waals surface area contributed by atoms with Crippen LogP contribution in [0.1, 0.15) is 19.8 Å². The van der Waals surface area contributed by atoms with Crippen LogP contribution in [-0.4, -0.2) is 38.9 Å². The molecule has 2 aromatic carbocycles. The average molecular weight is 360 g/mol. The van der Waals surface area contributed by atoms with Crippen LogP contribution in [0.5, 0.6) is 5.75 Å². The van der Waals surface area contributed by atoms with Gasteiger partial charge in [0.05, 0.1) is 11.4 Å². The number of para-hydroxylation sites is 3. The van der Waals surface area contributed by atoms with E-state index >= 15 is 0 Å². The summed E-state index contributed by atoms with van der Waals surface area (Å²) in [4.78, 5) is 2.17. The van der Waals surface area contributed by atoms with E-state index in [2.05, 4.69) is 11.8 Å². The minimum atomic E-state index is -3.64. The molecule has 134 valence electrons. The van der Waals surface area contributed by atoms with Gasteiger partial charge >= 0.3 is 0 Å². The van der Waals surface area contributed by atoms with Crippen molar-refractivity contribution in [3.05, 3.63) is 54.6 Å². The van der Waals surface area contributed by atoms with E-state index in [1.54, 1.807) is 6.07 Å². The lowest BCUT2D eigenvalue weighted by Gasteiger charge is -2.35. The predicted molar refractivity (Wildman–Crippen MR) is 101 cm³/mol. The summed E-state index contributed by atoms with van der Waals surface area (Å²) in [5, 5.41) is 0. The van der Waals surface area contributed by atoms with E-state index in [0.717, 1.165) is 19.5 Å². The van der Waals surface area contributed by atoms with Crippen LogP contribution in [0.4, 0.5) is 11.4 Å². The summed E-state index contributed by atoms with van der Waals surface area (Å²) in [5.41, 5.74) is 0.331. The van der Waals surface area contributed by atoms with Crippen molar-refractivity contribution < 1.29 is 13.2 Å². The van der Waals surface area contributed by atoms with Gasteiger partial charge in [0, 0.05) is 6.42 Å². The molecule has 0 aromatic heterocycles. The van der Waals surface area contributed by atoms with Crippen LogP contribution >= 0.6 is 0 Å². The second kappa shape index (κ2) is 7.45. The molecule has 1 heterocycles. The molecule has 1 aliphatic heterocycles. The van der Waals surface area contributed by atoms with Crippen LogP contribution < -0.4 is 9.04 Å². The Balaban J connectivity index is 1.93. The Labute approximate surface area is 149 Å². The van der Waals surface area contributed by atoms with Gasteiger partial charge in [-0.15, -0.1) is 0 Å². The van der Waals surface area contributed by atoms with Crippen LogP contribution in [0.25, 0.3) is 0 Å². The maximum absolute atomic E-state index is 13.2. The van der Waals surface area contributed by atoms with E-state index in [9.17, 15) is 8.42 Å². The summed E-state index contributed by atoms with van der Waals surface area (Å²) >= 11 is 0. The molecule has 1 aliphatic rings. The minimum absolute atomic E-state index is 0.463. The van der Waals surface area contributed by atoms with E-state index in [1.165, 1.54) is 4.31 Å². The van der Waals surface area contributed by atoms with E-state index < -0.39 is 15.5 Å². The normalized spacial score (nSPS) is 18.7. The topological polar surface area (TPSA) is 49.9 Å². The molecule has 0 aliphatic carbocycles. The summed E-state index contributed by atoms with van der Waals surface area (Å²) < 4.78 is 33.7. The Hall–Kier alpha value is -2.05. The van der Waals surface area contributed by atoms with Crippen molar-refractivity contribution in [2.75, 3.05) is 24.4 Å². The Morgan fingerprint density at radius 2 is 1.76 bits per heavy atom. The molecule has 0 amide bonds. The molecule has 2 aromatic rings. The van der Waals surface area contributed by atoms with Gasteiger partial charge in [-0.25, -0.2) is 12.7 Å². The zero-order valence-corrected chi connectivity index (χ0v) is 15.4. The number of hydrogen-bond donors (Lipinski definition) is 0. The van der Waals surface area contributed by atoms with Gasteiger partial charge < -0.3 is 9.64 Å². The molecule has 5 nitrogen and oxygen atoms in total. The number of rotatable bonds is 6. The van der Waals surface area contributed by atoms with E-state index in [-0.39, 0.29) is 0 Å². The highest BCUT2D eigenvalue weighted by Gasteiger charge is 2.40. The molecule has 0 spiro atoms. The molecule has 6 heteroatoms. The lowest BCUT2D eigenvalue weighted by Crippen LogP contribution is -2.43. The average Bonchev–Trinajstić information content (AvgIpc) is 2.62. The number of hydrogen-bond acceptors (Lipinski definition) is 4. The molecule has 1 unspecified atom stereocenters. The number of ether oxygens (including phenoxy) is 1. The first-order chi connectivity index (χ1) is 12.0. The lowest BCUT2D eigenvalue weighted by molar-refractivity contribution is 0.242. The Bertz CT molecular complexity index is 808. The number of fused-ring (bicyclic) bond motifs is 1. The first-order valence-electron chi connectivity index (χ1n) is 8.57. The molecule has 0 fully saturated rings. The summed E-state index contributed by atoms with van der Waals surface area (Å²) in [5.74, 6) is 0.607. The molecule has 0 saturated carbocycles. The number of benzene rings is 2. The second-order valence-corrected chi connectivity index (χ2v) is 8.12. The molecule has 0 N–H and O–H groups in total. The van der Waals surface area contributed by atoms with Gasteiger partial charge in [0.2, 0.25) is 5.44 Å². The largest absolute Gasteiger partial charge is 0.470 e. The molecular formula is C19H24N2O3S. The molecular weight excluding hydrogens is 336 g/mol. The fourth-order valence-electron chi connectivity index (χ4n) is 2.92. The molecule has 25 heavy (non-hydrogen) atoms. The standard InChI is InChI=1S/C19H24N2O3S/c1-3-20(2)15-9-14-19-24-18-13-8-7-12-17(18)21(25(19,22)23)16-10-5-4-6-11-16/h4-8,10-13,19H,3,9,14-15H2,1-2H3. The van der Waals surface area contributed by atoms with Crippen LogP contribution in [0.15, 0.2) is 54.6 Å². The Morgan fingerprint density at radius 3 is 2.48 bits per heavy atom. The maximum atomic E-state index is 13.2. The van der Waals surface area contributed by atoms with Gasteiger partial charge in [-0.2, -0.15) is 0 Å². The van der Waals surface area contributed by atoms with Crippen molar-refractivity contribution in [2.24, 2.45) is 0 Å². The van der Waals surface area contributed by atoms with E-state index in [0.29, 0.717) is 23.5 Å². The minimum Gasteiger partial charge on any atom is -0.470 e. The van der Waals surface area contributed by atoms with E-state index in [1.807, 2.05) is 55.6 Å². The highest BCUT2D eigenvalue weighted by atomic mass is 32.2. The highest BCUT2D eigenvalue weighted by Crippen LogP contribution is 2.42. The van der Waals surface area contributed by atoms with Crippen molar-refractivity contribution in [3.8, 4) is 5.75 Å². The van der Waals surface area contributed by atoms with Crippen LogP contribution in [0.2, 0.25) is 0 Å². The SMILES string of the molecule is CCN(C)CCCC1Oc2ccccc2N(c2ccccc2)S1(=O)=O. The van der Waals surface area contributed by atoms with Gasteiger partial charge in [0.1, 0.15) is 5.75 Å². The second-order valence-electron chi connectivity index (χ2n) is 6.20. The molecule has 0 bridgehead atoms. The zero-order chi connectivity index (χ0) is 17.9. The third-order valence-corrected chi connectivity index (χ3v) is 6.35. The number of nitrogens with zero attached hydrogens (tertiary/aromatic N) is 2. The van der Waals surface area contributed by atoms with Crippen molar-refractivity contribution in [2.45, 2.75) is 25.2 Å². The van der Waals surface area contributed by atoms with E-state index in [4.69, 9.17) is 4.74 Å². The highest BCUT2D eigenvalue weighted by molar-refractivity contribution is 7.93. The van der Waals surface area contributed by atoms with Gasteiger partial charge in [-0.3, -0.25) is 0 Å². The van der Waals surface area contributed by atoms with Gasteiger partial charge in [0.25, 0.3) is 10.0 Å². The molecule has 0 radical (unpaired) electrons. The summed E-state index contributed by atoms with van der Waals surface area (Å²) in [7, 11) is -1.61. The number of sulfonamides is 1. The van der Waals surface area contributed by atoms with Crippen molar-refractivity contribution in [1.82, 2.24) is 4.90 Å². The van der Waals surface area contributed by atoms with Crippen molar-refractivity contribution >= 4 is 21.4 Å². The van der Waals surface area contributed by atoms with Crippen molar-refractivity contribution in [3.63, 3.8) is 0 Å².